The summed E-state index contributed by atoms with van der Waals surface area (Å²) >= 11 is 0. The van der Waals surface area contributed by atoms with Crippen molar-refractivity contribution in [2.75, 3.05) is 13.2 Å². The van der Waals surface area contributed by atoms with Crippen molar-refractivity contribution < 1.29 is 24.2 Å². The molecule has 0 rings (SSSR count). The molecule has 0 aliphatic heterocycles. The van der Waals surface area contributed by atoms with Gasteiger partial charge >= 0.3 is 11.9 Å². The van der Waals surface area contributed by atoms with Crippen molar-refractivity contribution >= 4 is 11.9 Å². The Bertz CT molecular complexity index is 652. The Balaban J connectivity index is 3.67. The maximum atomic E-state index is 12.1. The molecule has 0 saturated heterocycles. The van der Waals surface area contributed by atoms with Crippen LogP contribution < -0.4 is 0 Å². The third kappa shape index (κ3) is 29.1. The highest BCUT2D eigenvalue weighted by molar-refractivity contribution is 5.70. The second-order valence-electron chi connectivity index (χ2n) is 10.9. The van der Waals surface area contributed by atoms with Gasteiger partial charge in [0, 0.05) is 12.8 Å². The zero-order chi connectivity index (χ0) is 29.4. The third-order valence-electron chi connectivity index (χ3n) is 6.94. The van der Waals surface area contributed by atoms with Crippen LogP contribution in [0.4, 0.5) is 0 Å². The maximum absolute atomic E-state index is 12.1. The minimum Gasteiger partial charge on any atom is -0.462 e. The largest absolute Gasteiger partial charge is 0.462 e. The highest BCUT2D eigenvalue weighted by atomic mass is 16.6. The minimum absolute atomic E-state index is 0.0838. The van der Waals surface area contributed by atoms with Crippen LogP contribution >= 0.6 is 0 Å². The SMILES string of the molecule is CCCCCC=CCC=CCC=CCCCCC(=O)OCC(CO)OC(=O)CCCCCCCCCCCCC. The fourth-order valence-electron chi connectivity index (χ4n) is 4.38. The molecule has 0 bridgehead atoms. The van der Waals surface area contributed by atoms with Crippen LogP contribution in [-0.2, 0) is 19.1 Å². The molecule has 0 radical (unpaired) electrons. The molecule has 5 nitrogen and oxygen atoms in total. The normalized spacial score (nSPS) is 12.6. The first-order valence-corrected chi connectivity index (χ1v) is 16.5. The van der Waals surface area contributed by atoms with Crippen molar-refractivity contribution in [3.05, 3.63) is 36.5 Å². The average molecular weight is 563 g/mol. The van der Waals surface area contributed by atoms with E-state index in [1.54, 1.807) is 0 Å². The summed E-state index contributed by atoms with van der Waals surface area (Å²) in [5, 5.41) is 9.48. The maximum Gasteiger partial charge on any atom is 0.306 e. The van der Waals surface area contributed by atoms with Gasteiger partial charge in [-0.15, -0.1) is 0 Å². The Morgan fingerprint density at radius 1 is 0.575 bits per heavy atom. The lowest BCUT2D eigenvalue weighted by atomic mass is 10.1. The highest BCUT2D eigenvalue weighted by Crippen LogP contribution is 2.12. The van der Waals surface area contributed by atoms with Gasteiger partial charge in [-0.05, 0) is 51.4 Å². The lowest BCUT2D eigenvalue weighted by molar-refractivity contribution is -0.161. The predicted molar refractivity (Wildman–Crippen MR) is 168 cm³/mol. The van der Waals surface area contributed by atoms with Crippen LogP contribution in [0.1, 0.15) is 155 Å². The molecule has 0 aliphatic rings. The van der Waals surface area contributed by atoms with E-state index in [4.69, 9.17) is 9.47 Å². The van der Waals surface area contributed by atoms with Crippen LogP contribution in [0.2, 0.25) is 0 Å². The van der Waals surface area contributed by atoms with Crippen LogP contribution in [-0.4, -0.2) is 36.4 Å². The number of aliphatic hydroxyl groups is 1. The molecular formula is C35H62O5. The molecule has 40 heavy (non-hydrogen) atoms. The van der Waals surface area contributed by atoms with Crippen molar-refractivity contribution in [2.45, 2.75) is 161 Å². The number of unbranched alkanes of at least 4 members (excludes halogenated alkanes) is 15. The van der Waals surface area contributed by atoms with E-state index in [0.717, 1.165) is 51.4 Å². The highest BCUT2D eigenvalue weighted by Gasteiger charge is 2.16. The summed E-state index contributed by atoms with van der Waals surface area (Å²) in [5.41, 5.74) is 0. The molecule has 1 atom stereocenters. The van der Waals surface area contributed by atoms with E-state index in [-0.39, 0.29) is 25.2 Å². The first kappa shape index (κ1) is 38.1. The van der Waals surface area contributed by atoms with Gasteiger partial charge < -0.3 is 14.6 Å². The van der Waals surface area contributed by atoms with Gasteiger partial charge in [0.05, 0.1) is 6.61 Å². The molecular weight excluding hydrogens is 500 g/mol. The summed E-state index contributed by atoms with van der Waals surface area (Å²) in [5.74, 6) is -0.638. The number of hydrogen-bond acceptors (Lipinski definition) is 5. The van der Waals surface area contributed by atoms with E-state index in [0.29, 0.717) is 12.8 Å². The van der Waals surface area contributed by atoms with E-state index < -0.39 is 6.10 Å². The molecule has 0 fully saturated rings. The molecule has 0 saturated carbocycles. The second-order valence-corrected chi connectivity index (χ2v) is 10.9. The van der Waals surface area contributed by atoms with Gasteiger partial charge in [0.1, 0.15) is 6.61 Å². The standard InChI is InChI=1S/C35H62O5/c1-3-5-7-9-11-13-15-16-17-18-20-21-23-25-27-29-34(37)39-32-33(31-36)40-35(38)30-28-26-24-22-19-14-12-10-8-6-4-2/h11,13,16-17,20-21,33,36H,3-10,12,14-15,18-19,22-32H2,1-2H3. The number of ether oxygens (including phenoxy) is 2. The molecule has 0 amide bonds. The summed E-state index contributed by atoms with van der Waals surface area (Å²) < 4.78 is 10.5. The average Bonchev–Trinajstić information content (AvgIpc) is 2.96. The summed E-state index contributed by atoms with van der Waals surface area (Å²) in [4.78, 5) is 24.0. The smallest absolute Gasteiger partial charge is 0.306 e. The molecule has 0 aromatic rings. The topological polar surface area (TPSA) is 72.8 Å². The molecule has 0 aromatic heterocycles. The Hall–Kier alpha value is -1.88. The fourth-order valence-corrected chi connectivity index (χ4v) is 4.38. The Morgan fingerprint density at radius 3 is 1.55 bits per heavy atom. The lowest BCUT2D eigenvalue weighted by Crippen LogP contribution is -2.28. The van der Waals surface area contributed by atoms with Crippen molar-refractivity contribution in [2.24, 2.45) is 0 Å². The van der Waals surface area contributed by atoms with Crippen molar-refractivity contribution in [3.8, 4) is 0 Å². The first-order valence-electron chi connectivity index (χ1n) is 16.5. The predicted octanol–water partition coefficient (Wildman–Crippen LogP) is 9.72. The van der Waals surface area contributed by atoms with Crippen molar-refractivity contribution in [3.63, 3.8) is 0 Å². The quantitative estimate of drug-likeness (QED) is 0.0558. The summed E-state index contributed by atoms with van der Waals surface area (Å²) in [7, 11) is 0. The number of allylic oxidation sites excluding steroid dienone is 6. The monoisotopic (exact) mass is 562 g/mol. The van der Waals surface area contributed by atoms with Gasteiger partial charge in [0.15, 0.2) is 6.10 Å². The summed E-state index contributed by atoms with van der Waals surface area (Å²) in [6.45, 7) is 4.05. The van der Waals surface area contributed by atoms with Gasteiger partial charge in [-0.2, -0.15) is 0 Å². The van der Waals surface area contributed by atoms with Gasteiger partial charge in [-0.1, -0.05) is 127 Å². The third-order valence-corrected chi connectivity index (χ3v) is 6.94. The van der Waals surface area contributed by atoms with Crippen LogP contribution in [0.5, 0.6) is 0 Å². The van der Waals surface area contributed by atoms with E-state index in [1.807, 2.05) is 0 Å². The fraction of sp³-hybridized carbons (Fsp3) is 0.771. The molecule has 0 heterocycles. The zero-order valence-corrected chi connectivity index (χ0v) is 26.1. The van der Waals surface area contributed by atoms with Gasteiger partial charge in [0.2, 0.25) is 0 Å². The molecule has 5 heteroatoms. The van der Waals surface area contributed by atoms with Crippen LogP contribution in [0.3, 0.4) is 0 Å². The van der Waals surface area contributed by atoms with Crippen molar-refractivity contribution in [1.29, 1.82) is 0 Å². The van der Waals surface area contributed by atoms with Gasteiger partial charge in [-0.3, -0.25) is 9.59 Å². The van der Waals surface area contributed by atoms with Crippen molar-refractivity contribution in [1.82, 2.24) is 0 Å². The molecule has 0 aliphatic carbocycles. The second kappa shape index (κ2) is 31.6. The number of esters is 2. The lowest BCUT2D eigenvalue weighted by Gasteiger charge is -2.15. The molecule has 1 unspecified atom stereocenters. The van der Waals surface area contributed by atoms with Crippen LogP contribution in [0.15, 0.2) is 36.5 Å². The molecule has 232 valence electrons. The van der Waals surface area contributed by atoms with E-state index >= 15 is 0 Å². The van der Waals surface area contributed by atoms with Crippen LogP contribution in [0, 0.1) is 0 Å². The van der Waals surface area contributed by atoms with Crippen LogP contribution in [0.25, 0.3) is 0 Å². The van der Waals surface area contributed by atoms with E-state index in [9.17, 15) is 14.7 Å². The molecule has 0 spiro atoms. The van der Waals surface area contributed by atoms with E-state index in [2.05, 4.69) is 50.3 Å². The Kier molecular flexibility index (Phi) is 30.2. The molecule has 1 N–H and O–H groups in total. The number of aliphatic hydroxyl groups excluding tert-OH is 1. The number of rotatable bonds is 29. The number of carbonyl (C=O) groups is 2. The number of carbonyl (C=O) groups excluding carboxylic acids is 2. The Morgan fingerprint density at radius 2 is 1.00 bits per heavy atom. The first-order chi connectivity index (χ1) is 19.6. The van der Waals surface area contributed by atoms with Gasteiger partial charge in [-0.25, -0.2) is 0 Å². The van der Waals surface area contributed by atoms with E-state index in [1.165, 1.54) is 77.0 Å². The summed E-state index contributed by atoms with van der Waals surface area (Å²) in [6, 6.07) is 0. The zero-order valence-electron chi connectivity index (χ0n) is 26.1. The minimum atomic E-state index is -0.781. The Labute approximate surface area is 246 Å². The number of hydrogen-bond donors (Lipinski definition) is 1. The van der Waals surface area contributed by atoms with Gasteiger partial charge in [0.25, 0.3) is 0 Å². The molecule has 0 aromatic carbocycles. The summed E-state index contributed by atoms with van der Waals surface area (Å²) in [6.07, 6.45) is 36.2.